The first-order valence-corrected chi connectivity index (χ1v) is 14.5. The highest BCUT2D eigenvalue weighted by Crippen LogP contribution is 2.37. The number of nitrogens with zero attached hydrogens (tertiary/aromatic N) is 2. The van der Waals surface area contributed by atoms with Gasteiger partial charge in [-0.3, -0.25) is 14.3 Å². The van der Waals surface area contributed by atoms with Gasteiger partial charge in [0, 0.05) is 18.7 Å². The molecule has 0 spiro atoms. The Balaban J connectivity index is 0.000000710. The number of hydrogen-bond acceptors (Lipinski definition) is 5. The van der Waals surface area contributed by atoms with Crippen molar-refractivity contribution in [2.75, 3.05) is 12.4 Å². The fourth-order valence-electron chi connectivity index (χ4n) is 5.37. The predicted molar refractivity (Wildman–Crippen MR) is 171 cm³/mol. The molecule has 1 fully saturated rings. The van der Waals surface area contributed by atoms with E-state index in [0.29, 0.717) is 11.8 Å². The highest BCUT2D eigenvalue weighted by molar-refractivity contribution is 7.78. The van der Waals surface area contributed by atoms with Gasteiger partial charge in [0.2, 0.25) is 5.91 Å². The van der Waals surface area contributed by atoms with Crippen LogP contribution in [-0.4, -0.2) is 34.1 Å². The molecule has 1 heterocycles. The minimum absolute atomic E-state index is 0.0630. The lowest BCUT2D eigenvalue weighted by molar-refractivity contribution is -0.123. The minimum atomic E-state index is -0.250. The van der Waals surface area contributed by atoms with Crippen LogP contribution in [0.2, 0.25) is 0 Å². The van der Waals surface area contributed by atoms with Crippen molar-refractivity contribution in [2.24, 2.45) is 13.0 Å². The summed E-state index contributed by atoms with van der Waals surface area (Å²) >= 11 is 3.54. The summed E-state index contributed by atoms with van der Waals surface area (Å²) in [7, 11) is 3.79. The molecule has 2 atom stereocenters. The van der Waals surface area contributed by atoms with Gasteiger partial charge in [0.05, 0.1) is 11.0 Å². The third-order valence-electron chi connectivity index (χ3n) is 7.71. The fraction of sp³-hybridized carbons (Fsp3) is 0.364. The van der Waals surface area contributed by atoms with Crippen molar-refractivity contribution in [1.29, 1.82) is 0 Å². The zero-order chi connectivity index (χ0) is 29.9. The second-order valence-corrected chi connectivity index (χ2v) is 11.1. The van der Waals surface area contributed by atoms with Crippen LogP contribution in [0.3, 0.4) is 0 Å². The van der Waals surface area contributed by atoms with Crippen molar-refractivity contribution in [3.05, 3.63) is 83.7 Å². The summed E-state index contributed by atoms with van der Waals surface area (Å²) in [5.74, 6) is 2.16. The van der Waals surface area contributed by atoms with Crippen LogP contribution in [0.25, 0.3) is 22.2 Å². The van der Waals surface area contributed by atoms with Crippen LogP contribution in [0.5, 0.6) is 0 Å². The first kappa shape index (κ1) is 31.9. The van der Waals surface area contributed by atoms with Gasteiger partial charge in [-0.05, 0) is 91.6 Å². The maximum Gasteiger partial charge on any atom is 0.290 e. The monoisotopic (exact) mass is 574 g/mol. The van der Waals surface area contributed by atoms with Gasteiger partial charge in [0.1, 0.15) is 5.82 Å². The molecule has 3 N–H and O–H groups in total. The summed E-state index contributed by atoms with van der Waals surface area (Å²) in [4.78, 5) is 26.1. The molecule has 1 aliphatic carbocycles. The van der Waals surface area contributed by atoms with Crippen LogP contribution in [-0.2, 0) is 16.6 Å². The average Bonchev–Trinajstić information content (AvgIpc) is 3.26. The third-order valence-corrected chi connectivity index (χ3v) is 7.71. The molecule has 41 heavy (non-hydrogen) atoms. The Bertz CT molecular complexity index is 1420. The number of rotatable bonds is 5. The van der Waals surface area contributed by atoms with E-state index in [-0.39, 0.29) is 18.3 Å². The number of carboxylic acid groups (broad SMARTS) is 1. The smallest absolute Gasteiger partial charge is 0.290 e. The zero-order valence-electron chi connectivity index (χ0n) is 24.6. The van der Waals surface area contributed by atoms with E-state index in [2.05, 4.69) is 108 Å². The normalized spacial score (nSPS) is 16.3. The molecule has 218 valence electrons. The van der Waals surface area contributed by atoms with E-state index in [9.17, 15) is 4.79 Å². The van der Waals surface area contributed by atoms with E-state index < -0.39 is 0 Å². The van der Waals surface area contributed by atoms with Crippen molar-refractivity contribution in [3.8, 4) is 11.1 Å². The van der Waals surface area contributed by atoms with Crippen molar-refractivity contribution >= 4 is 41.9 Å². The minimum Gasteiger partial charge on any atom is -0.483 e. The maximum absolute atomic E-state index is 13.0. The van der Waals surface area contributed by atoms with E-state index in [4.69, 9.17) is 9.90 Å². The molecular formula is C33H42N4O3S. The van der Waals surface area contributed by atoms with Crippen molar-refractivity contribution < 1.29 is 14.7 Å². The second kappa shape index (κ2) is 15.4. The van der Waals surface area contributed by atoms with Gasteiger partial charge in [-0.15, -0.1) is 0 Å². The van der Waals surface area contributed by atoms with Crippen molar-refractivity contribution in [2.45, 2.75) is 58.3 Å². The van der Waals surface area contributed by atoms with Gasteiger partial charge < -0.3 is 15.0 Å². The van der Waals surface area contributed by atoms with E-state index in [1.54, 1.807) is 7.05 Å². The summed E-state index contributed by atoms with van der Waals surface area (Å²) in [6, 6.07) is 23.7. The van der Waals surface area contributed by atoms with Gasteiger partial charge in [0.25, 0.3) is 6.47 Å². The first-order chi connectivity index (χ1) is 19.7. The van der Waals surface area contributed by atoms with E-state index >= 15 is 0 Å². The lowest BCUT2D eigenvalue weighted by Gasteiger charge is -2.29. The molecule has 1 aliphatic rings. The molecule has 8 heteroatoms. The Labute approximate surface area is 248 Å². The number of anilines is 1. The maximum atomic E-state index is 13.0. The highest BCUT2D eigenvalue weighted by atomic mass is 32.1. The molecule has 2 unspecified atom stereocenters. The Morgan fingerprint density at radius 1 is 1.05 bits per heavy atom. The number of benzene rings is 3. The molecule has 0 bridgehead atoms. The predicted octanol–water partition coefficient (Wildman–Crippen LogP) is 7.34. The summed E-state index contributed by atoms with van der Waals surface area (Å²) in [5, 5.41) is 10.0. The zero-order valence-corrected chi connectivity index (χ0v) is 25.5. The third kappa shape index (κ3) is 8.44. The molecule has 1 saturated carbocycles. The summed E-state index contributed by atoms with van der Waals surface area (Å²) in [6.07, 6.45) is 4.11. The van der Waals surface area contributed by atoms with Crippen LogP contribution in [0.15, 0.2) is 66.7 Å². The van der Waals surface area contributed by atoms with E-state index in [1.165, 1.54) is 22.3 Å². The molecule has 5 rings (SSSR count). The number of aromatic nitrogens is 2. The molecule has 4 aromatic rings. The summed E-state index contributed by atoms with van der Waals surface area (Å²) in [6.45, 7) is 6.15. The second-order valence-electron chi connectivity index (χ2n) is 10.7. The topological polar surface area (TPSA) is 96.3 Å². The van der Waals surface area contributed by atoms with Gasteiger partial charge in [-0.2, -0.15) is 0 Å². The number of carbonyl (C=O) groups is 2. The molecular weight excluding hydrogens is 532 g/mol. The SMILES string of the molecule is CNS.Cc1nc2cc(-c3ccc(C4CCCC(C(=O)Nc5ccc(C(C)C)cc5)C4)cc3)ccc2n1C.O=CO. The van der Waals surface area contributed by atoms with Crippen LogP contribution in [0, 0.1) is 12.8 Å². The van der Waals surface area contributed by atoms with Crippen LogP contribution >= 0.6 is 12.8 Å². The van der Waals surface area contributed by atoms with Crippen molar-refractivity contribution in [3.63, 3.8) is 0 Å². The number of nitrogens with one attached hydrogen (secondary N) is 2. The number of hydrogen-bond donors (Lipinski definition) is 4. The largest absolute Gasteiger partial charge is 0.483 e. The molecule has 0 saturated heterocycles. The molecule has 0 aliphatic heterocycles. The number of thiol groups is 1. The number of imidazole rings is 1. The Morgan fingerprint density at radius 2 is 1.66 bits per heavy atom. The van der Waals surface area contributed by atoms with Crippen LogP contribution in [0.1, 0.15) is 68.3 Å². The first-order valence-electron chi connectivity index (χ1n) is 14.0. The van der Waals surface area contributed by atoms with Crippen molar-refractivity contribution in [1.82, 2.24) is 14.3 Å². The molecule has 0 radical (unpaired) electrons. The molecule has 1 aromatic heterocycles. The van der Waals surface area contributed by atoms with E-state index in [0.717, 1.165) is 48.2 Å². The number of amides is 1. The van der Waals surface area contributed by atoms with Crippen LogP contribution < -0.4 is 10.0 Å². The summed E-state index contributed by atoms with van der Waals surface area (Å²) < 4.78 is 4.57. The molecule has 3 aromatic carbocycles. The lowest BCUT2D eigenvalue weighted by Crippen LogP contribution is -2.27. The fourth-order valence-corrected chi connectivity index (χ4v) is 5.37. The van der Waals surface area contributed by atoms with Gasteiger partial charge in [0.15, 0.2) is 0 Å². The lowest BCUT2D eigenvalue weighted by atomic mass is 9.77. The Kier molecular flexibility index (Phi) is 12.0. The Morgan fingerprint density at radius 3 is 2.27 bits per heavy atom. The van der Waals surface area contributed by atoms with Gasteiger partial charge in [-0.25, -0.2) is 4.98 Å². The standard InChI is InChI=1S/C31H35N3O.CH5NS.CH2O2/c1-20(2)22-12-15-28(16-13-22)33-31(35)27-7-5-6-25(18-27)23-8-10-24(11-9-23)26-14-17-30-29(19-26)32-21(3)34(30)4;1-2-3;2-1-3/h8-17,19-20,25,27H,5-7,18H2,1-4H3,(H,33,35);2-3H,1H3;1H,(H,2,3). The summed E-state index contributed by atoms with van der Waals surface area (Å²) in [5.41, 5.74) is 8.10. The Hall–Kier alpha value is -3.62. The van der Waals surface area contributed by atoms with Crippen LogP contribution in [0.4, 0.5) is 5.69 Å². The van der Waals surface area contributed by atoms with Gasteiger partial charge >= 0.3 is 0 Å². The number of aryl methyl sites for hydroxylation is 2. The highest BCUT2D eigenvalue weighted by Gasteiger charge is 2.28. The average molecular weight is 575 g/mol. The van der Waals surface area contributed by atoms with Gasteiger partial charge in [-0.1, -0.05) is 75.5 Å². The molecule has 7 nitrogen and oxygen atoms in total. The number of carbonyl (C=O) groups excluding carboxylic acids is 1. The molecule has 1 amide bonds. The number of fused-ring (bicyclic) bond motifs is 1. The van der Waals surface area contributed by atoms with E-state index in [1.807, 2.05) is 19.1 Å². The quantitative estimate of drug-likeness (QED) is 0.148.